The zero-order chi connectivity index (χ0) is 39.6. The normalized spacial score (nSPS) is 16.1. The fourth-order valence-corrected chi connectivity index (χ4v) is 10.8. The number of pyridine rings is 1. The molecule has 1 unspecified atom stereocenters. The Kier molecular flexibility index (Phi) is 8.10. The van der Waals surface area contributed by atoms with Gasteiger partial charge in [-0.25, -0.2) is 15.0 Å². The molecule has 4 nitrogen and oxygen atoms in total. The van der Waals surface area contributed by atoms with Crippen LogP contribution in [0.1, 0.15) is 29.5 Å². The van der Waals surface area contributed by atoms with Gasteiger partial charge < -0.3 is 0 Å². The zero-order valence-corrected chi connectivity index (χ0v) is 33.4. The lowest BCUT2D eigenvalue weighted by Gasteiger charge is -2.42. The SMILES string of the molecule is C1=C2Sc3ccccc3C3(C2=CCC1)c1cc(-c2ccc(-c4nc(-c5ccccc5)nc(-c5ccccc5)n4)cc2)ccc1-c1ccc(-c2cccc4cccnc24)cc13. The number of para-hydroxylation sites is 1. The van der Waals surface area contributed by atoms with Crippen molar-refractivity contribution in [3.05, 3.63) is 221 Å². The molecular weight excluding hydrogens is 749 g/mol. The van der Waals surface area contributed by atoms with Crippen molar-refractivity contribution in [1.82, 2.24) is 19.9 Å². The highest BCUT2D eigenvalue weighted by Gasteiger charge is 2.52. The van der Waals surface area contributed by atoms with Gasteiger partial charge in [-0.2, -0.15) is 0 Å². The van der Waals surface area contributed by atoms with Crippen LogP contribution in [0.5, 0.6) is 0 Å². The van der Waals surface area contributed by atoms with Gasteiger partial charge in [0.1, 0.15) is 0 Å². The highest BCUT2D eigenvalue weighted by atomic mass is 32.2. The van der Waals surface area contributed by atoms with E-state index in [0.717, 1.165) is 51.6 Å². The number of nitrogens with zero attached hydrogens (tertiary/aromatic N) is 4. The molecule has 0 fully saturated rings. The minimum absolute atomic E-state index is 0.477. The molecule has 5 heteroatoms. The summed E-state index contributed by atoms with van der Waals surface area (Å²) in [4.78, 5) is 22.4. The highest BCUT2D eigenvalue weighted by molar-refractivity contribution is 8.03. The van der Waals surface area contributed by atoms with Crippen molar-refractivity contribution >= 4 is 22.7 Å². The van der Waals surface area contributed by atoms with Gasteiger partial charge in [0.05, 0.1) is 10.9 Å². The van der Waals surface area contributed by atoms with Crippen LogP contribution in [0.2, 0.25) is 0 Å². The molecular formula is C55H36N4S. The lowest BCUT2D eigenvalue weighted by molar-refractivity contribution is 0.724. The van der Waals surface area contributed by atoms with Crippen molar-refractivity contribution in [2.24, 2.45) is 0 Å². The molecule has 9 aromatic rings. The molecule has 0 N–H and O–H groups in total. The minimum atomic E-state index is -0.477. The van der Waals surface area contributed by atoms with E-state index in [1.165, 1.54) is 54.3 Å². The summed E-state index contributed by atoms with van der Waals surface area (Å²) in [6, 6.07) is 63.0. The Balaban J connectivity index is 1.02. The zero-order valence-electron chi connectivity index (χ0n) is 32.6. The maximum atomic E-state index is 4.99. The molecule has 0 radical (unpaired) electrons. The van der Waals surface area contributed by atoms with E-state index in [2.05, 4.69) is 121 Å². The van der Waals surface area contributed by atoms with Crippen LogP contribution in [0.15, 0.2) is 210 Å². The molecule has 0 saturated heterocycles. The highest BCUT2D eigenvalue weighted by Crippen LogP contribution is 2.65. The molecule has 0 saturated carbocycles. The van der Waals surface area contributed by atoms with Crippen molar-refractivity contribution < 1.29 is 0 Å². The summed E-state index contributed by atoms with van der Waals surface area (Å²) in [7, 11) is 0. The number of hydrogen-bond acceptors (Lipinski definition) is 5. The third-order valence-electron chi connectivity index (χ3n) is 12.3. The topological polar surface area (TPSA) is 51.6 Å². The van der Waals surface area contributed by atoms with Crippen molar-refractivity contribution in [1.29, 1.82) is 0 Å². The van der Waals surface area contributed by atoms with Crippen molar-refractivity contribution in [2.45, 2.75) is 23.2 Å². The Bertz CT molecular complexity index is 3160. The van der Waals surface area contributed by atoms with Gasteiger partial charge in [0.2, 0.25) is 0 Å². The first-order valence-corrected chi connectivity index (χ1v) is 21.3. The van der Waals surface area contributed by atoms with Crippen LogP contribution in [0, 0.1) is 0 Å². The van der Waals surface area contributed by atoms with Gasteiger partial charge in [0.25, 0.3) is 0 Å². The second-order valence-electron chi connectivity index (χ2n) is 15.6. The third kappa shape index (κ3) is 5.46. The van der Waals surface area contributed by atoms with Gasteiger partial charge in [0, 0.05) is 43.6 Å². The average Bonchev–Trinajstić information content (AvgIpc) is 3.61. The maximum Gasteiger partial charge on any atom is 0.164 e. The predicted octanol–water partition coefficient (Wildman–Crippen LogP) is 13.8. The molecule has 60 heavy (non-hydrogen) atoms. The Morgan fingerprint density at radius 3 is 1.70 bits per heavy atom. The number of hydrogen-bond donors (Lipinski definition) is 0. The van der Waals surface area contributed by atoms with E-state index in [1.807, 2.05) is 84.7 Å². The van der Waals surface area contributed by atoms with Crippen LogP contribution < -0.4 is 0 Å². The summed E-state index contributed by atoms with van der Waals surface area (Å²) in [5.41, 5.74) is 16.0. The molecule has 1 aliphatic heterocycles. The van der Waals surface area contributed by atoms with E-state index in [0.29, 0.717) is 17.5 Å². The monoisotopic (exact) mass is 784 g/mol. The van der Waals surface area contributed by atoms with Crippen LogP contribution in [0.3, 0.4) is 0 Å². The fourth-order valence-electron chi connectivity index (χ4n) is 9.55. The van der Waals surface area contributed by atoms with E-state index in [9.17, 15) is 0 Å². The molecule has 0 bridgehead atoms. The van der Waals surface area contributed by atoms with E-state index >= 15 is 0 Å². The number of fused-ring (bicyclic) bond motifs is 10. The molecule has 3 aliphatic rings. The predicted molar refractivity (Wildman–Crippen MR) is 245 cm³/mol. The molecule has 282 valence electrons. The van der Waals surface area contributed by atoms with Crippen molar-refractivity contribution in [2.75, 3.05) is 0 Å². The number of rotatable bonds is 5. The van der Waals surface area contributed by atoms with Gasteiger partial charge >= 0.3 is 0 Å². The molecule has 2 aromatic heterocycles. The van der Waals surface area contributed by atoms with Crippen LogP contribution in [0.4, 0.5) is 0 Å². The van der Waals surface area contributed by atoms with Gasteiger partial charge in [-0.3, -0.25) is 4.98 Å². The summed E-state index contributed by atoms with van der Waals surface area (Å²) < 4.78 is 0. The van der Waals surface area contributed by atoms with Crippen molar-refractivity contribution in [3.63, 3.8) is 0 Å². The second-order valence-corrected chi connectivity index (χ2v) is 16.7. The average molecular weight is 785 g/mol. The lowest BCUT2D eigenvalue weighted by atomic mass is 9.65. The molecule has 7 aromatic carbocycles. The summed E-state index contributed by atoms with van der Waals surface area (Å²) in [6.45, 7) is 0. The van der Waals surface area contributed by atoms with E-state index in [-0.39, 0.29) is 0 Å². The Morgan fingerprint density at radius 1 is 0.417 bits per heavy atom. The molecule has 12 rings (SSSR count). The second kappa shape index (κ2) is 14.0. The Labute approximate surface area is 353 Å². The van der Waals surface area contributed by atoms with Gasteiger partial charge in [-0.15, -0.1) is 0 Å². The first-order valence-electron chi connectivity index (χ1n) is 20.5. The summed E-state index contributed by atoms with van der Waals surface area (Å²) in [5, 5.41) is 1.15. The Hall–Kier alpha value is -7.21. The van der Waals surface area contributed by atoms with Gasteiger partial charge in [-0.05, 0) is 87.2 Å². The number of allylic oxidation sites excluding steroid dienone is 3. The van der Waals surface area contributed by atoms with E-state index < -0.39 is 5.41 Å². The molecule has 0 amide bonds. The quantitative estimate of drug-likeness (QED) is 0.174. The fraction of sp³-hybridized carbons (Fsp3) is 0.0545. The molecule has 3 heterocycles. The molecule has 2 aliphatic carbocycles. The van der Waals surface area contributed by atoms with Crippen LogP contribution >= 0.6 is 11.8 Å². The standard InChI is InChI=1S/C55H36N4S/c1-3-13-37(14-4-1)52-57-53(38-15-5-2-6-16-38)59-54(58-52)39-26-24-35(25-27-39)40-28-30-43-44-31-29-41(42-19-11-17-36-18-12-32-56-51(36)42)34-48(44)55(47(43)33-40)45-20-7-9-22-49(45)60-50-23-10-8-21-46(50)55/h1-7,9,11-34H,8,10H2. The molecule has 1 spiro atoms. The lowest BCUT2D eigenvalue weighted by Crippen LogP contribution is -2.34. The smallest absolute Gasteiger partial charge is 0.164 e. The number of benzene rings is 7. The van der Waals surface area contributed by atoms with Gasteiger partial charge in [0.15, 0.2) is 17.5 Å². The molecule has 1 atom stereocenters. The van der Waals surface area contributed by atoms with Crippen LogP contribution in [-0.4, -0.2) is 19.9 Å². The number of aromatic nitrogens is 4. The minimum Gasteiger partial charge on any atom is -0.256 e. The van der Waals surface area contributed by atoms with Crippen LogP contribution in [0.25, 0.3) is 78.4 Å². The van der Waals surface area contributed by atoms with Crippen molar-refractivity contribution in [3.8, 4) is 67.5 Å². The number of thioether (sulfide) groups is 1. The largest absolute Gasteiger partial charge is 0.256 e. The first-order chi connectivity index (χ1) is 29.7. The first kappa shape index (κ1) is 34.8. The van der Waals surface area contributed by atoms with Crippen LogP contribution in [-0.2, 0) is 5.41 Å². The van der Waals surface area contributed by atoms with E-state index in [1.54, 1.807) is 0 Å². The van der Waals surface area contributed by atoms with Gasteiger partial charge in [-0.1, -0.05) is 176 Å². The third-order valence-corrected chi connectivity index (χ3v) is 13.5. The summed E-state index contributed by atoms with van der Waals surface area (Å²) in [6.07, 6.45) is 8.96. The summed E-state index contributed by atoms with van der Waals surface area (Å²) in [5.74, 6) is 1.96. The Morgan fingerprint density at radius 2 is 0.983 bits per heavy atom. The van der Waals surface area contributed by atoms with E-state index in [4.69, 9.17) is 19.9 Å². The maximum absolute atomic E-state index is 4.99. The summed E-state index contributed by atoms with van der Waals surface area (Å²) >= 11 is 1.92.